The Balaban J connectivity index is 1.58. The van der Waals surface area contributed by atoms with Crippen LogP contribution >= 0.6 is 0 Å². The third kappa shape index (κ3) is 7.84. The first-order chi connectivity index (χ1) is 19.1. The molecule has 4 N–H and O–H groups in total. The monoisotopic (exact) mass is 543 g/mol. The standard InChI is InChI=1S/C30H37N7O3/c1-5-9-21-15-14-20(17-32-21)19-10-8-11-22(16-19)34-27-23(26(31)38)18-33-28(37-27)35-24-12-6-7-13-25(24)36-29(39)40-30(2,3)4/h8,10-11,14-18,25H,5-7,9,12-13H2,1-4H3,(H2,31,38)(H,36,39)(H,33,34,37)/b35-24+/t25-/m0/s1. The van der Waals surface area contributed by atoms with Gasteiger partial charge in [0.15, 0.2) is 0 Å². The first-order valence-electron chi connectivity index (χ1n) is 13.7. The number of benzene rings is 1. The number of ether oxygens (including phenoxy) is 1. The molecule has 1 saturated carbocycles. The van der Waals surface area contributed by atoms with Gasteiger partial charge in [0.1, 0.15) is 17.0 Å². The molecule has 0 aliphatic heterocycles. The molecule has 1 fully saturated rings. The first kappa shape index (κ1) is 28.7. The summed E-state index contributed by atoms with van der Waals surface area (Å²) in [5.41, 5.74) is 9.66. The number of carbonyl (C=O) groups is 2. The highest BCUT2D eigenvalue weighted by molar-refractivity contribution is 5.98. The van der Waals surface area contributed by atoms with Gasteiger partial charge in [-0.1, -0.05) is 38.0 Å². The fraction of sp³-hybridized carbons (Fsp3) is 0.400. The largest absolute Gasteiger partial charge is 0.444 e. The Morgan fingerprint density at radius 2 is 1.93 bits per heavy atom. The number of carbonyl (C=O) groups excluding carboxylic acids is 2. The summed E-state index contributed by atoms with van der Waals surface area (Å²) in [6.07, 6.45) is 8.06. The summed E-state index contributed by atoms with van der Waals surface area (Å²) in [6, 6.07) is 11.5. The molecule has 0 radical (unpaired) electrons. The smallest absolute Gasteiger partial charge is 0.408 e. The second kappa shape index (κ2) is 12.7. The number of nitrogens with zero attached hydrogens (tertiary/aromatic N) is 4. The third-order valence-electron chi connectivity index (χ3n) is 6.34. The number of nitrogens with one attached hydrogen (secondary N) is 2. The minimum atomic E-state index is -0.657. The molecule has 40 heavy (non-hydrogen) atoms. The Hall–Kier alpha value is -4.34. The predicted octanol–water partition coefficient (Wildman–Crippen LogP) is 5.87. The highest BCUT2D eigenvalue weighted by atomic mass is 16.6. The molecule has 0 unspecified atom stereocenters. The van der Waals surface area contributed by atoms with E-state index >= 15 is 0 Å². The van der Waals surface area contributed by atoms with E-state index in [-0.39, 0.29) is 23.4 Å². The van der Waals surface area contributed by atoms with Crippen molar-refractivity contribution in [1.29, 1.82) is 0 Å². The van der Waals surface area contributed by atoms with Gasteiger partial charge >= 0.3 is 6.09 Å². The second-order valence-corrected chi connectivity index (χ2v) is 10.8. The molecule has 2 aromatic heterocycles. The molecule has 4 rings (SSSR count). The molecule has 1 aromatic carbocycles. The maximum atomic E-state index is 12.4. The van der Waals surface area contributed by atoms with E-state index in [0.717, 1.165) is 60.3 Å². The number of nitrogens with two attached hydrogens (primary N) is 1. The van der Waals surface area contributed by atoms with Crippen LogP contribution in [0.15, 0.2) is 53.8 Å². The van der Waals surface area contributed by atoms with E-state index < -0.39 is 17.6 Å². The zero-order valence-corrected chi connectivity index (χ0v) is 23.5. The molecule has 2 heterocycles. The number of aromatic nitrogens is 3. The van der Waals surface area contributed by atoms with E-state index in [0.29, 0.717) is 6.42 Å². The molecule has 1 atom stereocenters. The Labute approximate surface area is 234 Å². The number of amides is 2. The fourth-order valence-corrected chi connectivity index (χ4v) is 4.48. The molecule has 10 heteroatoms. The minimum absolute atomic E-state index is 0.145. The third-order valence-corrected chi connectivity index (χ3v) is 6.34. The Bertz CT molecular complexity index is 1380. The Morgan fingerprint density at radius 3 is 2.62 bits per heavy atom. The van der Waals surface area contributed by atoms with E-state index in [4.69, 9.17) is 10.5 Å². The summed E-state index contributed by atoms with van der Waals surface area (Å²) in [5.74, 6) is -0.231. The van der Waals surface area contributed by atoms with Gasteiger partial charge < -0.3 is 21.1 Å². The predicted molar refractivity (Wildman–Crippen MR) is 156 cm³/mol. The molecule has 0 spiro atoms. The van der Waals surface area contributed by atoms with E-state index in [1.165, 1.54) is 6.20 Å². The number of hydrogen-bond donors (Lipinski definition) is 3. The molecule has 210 valence electrons. The molecule has 1 aliphatic carbocycles. The zero-order chi connectivity index (χ0) is 28.7. The number of aryl methyl sites for hydroxylation is 1. The fourth-order valence-electron chi connectivity index (χ4n) is 4.48. The highest BCUT2D eigenvalue weighted by Gasteiger charge is 2.26. The van der Waals surface area contributed by atoms with E-state index in [2.05, 4.69) is 43.6 Å². The van der Waals surface area contributed by atoms with Crippen molar-refractivity contribution in [2.45, 2.75) is 77.9 Å². The lowest BCUT2D eigenvalue weighted by molar-refractivity contribution is 0.0514. The lowest BCUT2D eigenvalue weighted by Gasteiger charge is -2.27. The Morgan fingerprint density at radius 1 is 1.10 bits per heavy atom. The summed E-state index contributed by atoms with van der Waals surface area (Å²) in [6.45, 7) is 7.59. The topological polar surface area (TPSA) is 144 Å². The maximum absolute atomic E-state index is 12.4. The van der Waals surface area contributed by atoms with Crippen LogP contribution in [0.2, 0.25) is 0 Å². The molecule has 0 bridgehead atoms. The normalized spacial score (nSPS) is 16.4. The van der Waals surface area contributed by atoms with Crippen LogP contribution in [-0.2, 0) is 11.2 Å². The van der Waals surface area contributed by atoms with Crippen molar-refractivity contribution in [2.75, 3.05) is 5.32 Å². The van der Waals surface area contributed by atoms with E-state index in [9.17, 15) is 9.59 Å². The molecule has 0 saturated heterocycles. The van der Waals surface area contributed by atoms with Gasteiger partial charge in [-0.05, 0) is 70.2 Å². The molecule has 10 nitrogen and oxygen atoms in total. The van der Waals surface area contributed by atoms with Crippen molar-refractivity contribution in [2.24, 2.45) is 10.7 Å². The average molecular weight is 544 g/mol. The van der Waals surface area contributed by atoms with Crippen molar-refractivity contribution in [3.63, 3.8) is 0 Å². The first-order valence-corrected chi connectivity index (χ1v) is 13.7. The van der Waals surface area contributed by atoms with Gasteiger partial charge in [0.05, 0.1) is 6.04 Å². The minimum Gasteiger partial charge on any atom is -0.444 e. The average Bonchev–Trinajstić information content (AvgIpc) is 2.89. The van der Waals surface area contributed by atoms with Gasteiger partial charge in [0.2, 0.25) is 0 Å². The number of alkyl carbamates (subject to hydrolysis) is 1. The van der Waals surface area contributed by atoms with Crippen LogP contribution in [0.3, 0.4) is 0 Å². The molecule has 3 aromatic rings. The van der Waals surface area contributed by atoms with Crippen LogP contribution in [0, 0.1) is 0 Å². The van der Waals surface area contributed by atoms with Crippen molar-refractivity contribution < 1.29 is 14.3 Å². The maximum Gasteiger partial charge on any atom is 0.408 e. The highest BCUT2D eigenvalue weighted by Crippen LogP contribution is 2.27. The summed E-state index contributed by atoms with van der Waals surface area (Å²) in [7, 11) is 0. The Kier molecular flexibility index (Phi) is 9.08. The van der Waals surface area contributed by atoms with Crippen molar-refractivity contribution in [1.82, 2.24) is 20.3 Å². The lowest BCUT2D eigenvalue weighted by Crippen LogP contribution is -2.44. The van der Waals surface area contributed by atoms with E-state index in [1.807, 2.05) is 57.3 Å². The molecule has 2 amide bonds. The van der Waals surface area contributed by atoms with Gasteiger partial charge in [-0.3, -0.25) is 9.78 Å². The van der Waals surface area contributed by atoms with Crippen LogP contribution in [-0.4, -0.2) is 44.3 Å². The SMILES string of the molecule is CCCc1ccc(-c2cccc(Nc3nc(/N=C4\CCCC[C@@H]4NC(=O)OC(C)(C)C)ncc3C(N)=O)c2)cn1. The van der Waals surface area contributed by atoms with Crippen LogP contribution in [0.5, 0.6) is 0 Å². The van der Waals surface area contributed by atoms with Crippen LogP contribution in [0.4, 0.5) is 22.2 Å². The van der Waals surface area contributed by atoms with Crippen molar-refractivity contribution >= 4 is 35.2 Å². The number of aliphatic imine (C=N–C) groups is 1. The van der Waals surface area contributed by atoms with Gasteiger partial charge in [0, 0.05) is 35.1 Å². The van der Waals surface area contributed by atoms with Gasteiger partial charge in [-0.15, -0.1) is 0 Å². The quantitative estimate of drug-likeness (QED) is 0.322. The van der Waals surface area contributed by atoms with E-state index in [1.54, 1.807) is 0 Å². The molecular weight excluding hydrogens is 506 g/mol. The number of primary amides is 1. The van der Waals surface area contributed by atoms with Gasteiger partial charge in [0.25, 0.3) is 11.9 Å². The van der Waals surface area contributed by atoms with Gasteiger partial charge in [-0.25, -0.2) is 14.8 Å². The zero-order valence-electron chi connectivity index (χ0n) is 23.5. The number of hydrogen-bond acceptors (Lipinski definition) is 8. The second-order valence-electron chi connectivity index (χ2n) is 10.8. The number of anilines is 2. The van der Waals surface area contributed by atoms with Crippen molar-refractivity contribution in [3.05, 3.63) is 60.0 Å². The molecule has 1 aliphatic rings. The summed E-state index contributed by atoms with van der Waals surface area (Å²) in [5, 5.41) is 6.13. The number of rotatable bonds is 8. The number of pyridine rings is 1. The van der Waals surface area contributed by atoms with Crippen LogP contribution < -0.4 is 16.4 Å². The summed E-state index contributed by atoms with van der Waals surface area (Å²) in [4.78, 5) is 42.6. The van der Waals surface area contributed by atoms with Crippen LogP contribution in [0.25, 0.3) is 11.1 Å². The van der Waals surface area contributed by atoms with Crippen molar-refractivity contribution in [3.8, 4) is 11.1 Å². The molecular formula is C30H37N7O3. The summed E-state index contributed by atoms with van der Waals surface area (Å²) >= 11 is 0. The van der Waals surface area contributed by atoms with Gasteiger partial charge in [-0.2, -0.15) is 4.98 Å². The lowest BCUT2D eigenvalue weighted by atomic mass is 9.93. The van der Waals surface area contributed by atoms with Crippen LogP contribution in [0.1, 0.15) is 75.9 Å². The summed E-state index contributed by atoms with van der Waals surface area (Å²) < 4.78 is 5.42.